The first-order valence-corrected chi connectivity index (χ1v) is 6.43. The molecule has 1 atom stereocenters. The van der Waals surface area contributed by atoms with E-state index in [9.17, 15) is 9.90 Å². The lowest BCUT2D eigenvalue weighted by Gasteiger charge is -2.11. The molecule has 0 spiro atoms. The summed E-state index contributed by atoms with van der Waals surface area (Å²) in [6, 6.07) is 1.85. The van der Waals surface area contributed by atoms with Gasteiger partial charge in [-0.15, -0.1) is 0 Å². The van der Waals surface area contributed by atoms with Gasteiger partial charge in [0.1, 0.15) is 0 Å². The second kappa shape index (κ2) is 4.86. The van der Waals surface area contributed by atoms with Gasteiger partial charge in [0.15, 0.2) is 0 Å². The molecule has 0 bridgehead atoms. The van der Waals surface area contributed by atoms with E-state index in [0.29, 0.717) is 11.5 Å². The molecule has 2 rings (SSSR count). The first-order valence-electron chi connectivity index (χ1n) is 6.43. The molecule has 3 nitrogen and oxygen atoms in total. The van der Waals surface area contributed by atoms with E-state index in [1.54, 1.807) is 0 Å². The summed E-state index contributed by atoms with van der Waals surface area (Å²) in [4.78, 5) is 15.8. The Balaban J connectivity index is 2.47. The number of fused-ring (bicyclic) bond motifs is 1. The number of aromatic carboxylic acids is 1. The van der Waals surface area contributed by atoms with Gasteiger partial charge in [0, 0.05) is 11.6 Å². The lowest BCUT2D eigenvalue weighted by molar-refractivity contribution is 0.0695. The van der Waals surface area contributed by atoms with E-state index < -0.39 is 5.97 Å². The number of carbonyl (C=O) groups is 1. The fraction of sp³-hybridized carbons (Fsp3) is 0.571. The van der Waals surface area contributed by atoms with E-state index in [1.165, 1.54) is 0 Å². The van der Waals surface area contributed by atoms with Crippen LogP contribution in [0.3, 0.4) is 0 Å². The Morgan fingerprint density at radius 1 is 1.53 bits per heavy atom. The van der Waals surface area contributed by atoms with Gasteiger partial charge in [-0.25, -0.2) is 4.79 Å². The average Bonchev–Trinajstić information content (AvgIpc) is 2.70. The van der Waals surface area contributed by atoms with Crippen LogP contribution >= 0.6 is 0 Å². The van der Waals surface area contributed by atoms with E-state index in [-0.39, 0.29) is 0 Å². The third-order valence-corrected chi connectivity index (χ3v) is 3.57. The van der Waals surface area contributed by atoms with Crippen LogP contribution < -0.4 is 0 Å². The summed E-state index contributed by atoms with van der Waals surface area (Å²) in [6.45, 7) is 4.23. The van der Waals surface area contributed by atoms with Crippen molar-refractivity contribution in [1.82, 2.24) is 4.98 Å². The molecule has 0 aliphatic heterocycles. The number of rotatable bonds is 4. The normalized spacial score (nSPS) is 18.1. The Bertz CT molecular complexity index is 440. The smallest absolute Gasteiger partial charge is 0.337 e. The van der Waals surface area contributed by atoms with Crippen LogP contribution in [0.1, 0.15) is 66.3 Å². The van der Waals surface area contributed by atoms with E-state index in [4.69, 9.17) is 0 Å². The van der Waals surface area contributed by atoms with Gasteiger partial charge in [-0.2, -0.15) is 0 Å². The van der Waals surface area contributed by atoms with E-state index in [0.717, 1.165) is 49.1 Å². The van der Waals surface area contributed by atoms with Crippen LogP contribution in [-0.4, -0.2) is 16.1 Å². The lowest BCUT2D eigenvalue weighted by Crippen LogP contribution is -2.08. The van der Waals surface area contributed by atoms with Crippen molar-refractivity contribution in [3.63, 3.8) is 0 Å². The highest BCUT2D eigenvalue weighted by Crippen LogP contribution is 2.35. The summed E-state index contributed by atoms with van der Waals surface area (Å²) in [5.41, 5.74) is 3.47. The first kappa shape index (κ1) is 12.1. The number of aromatic nitrogens is 1. The highest BCUT2D eigenvalue weighted by Gasteiger charge is 2.25. The minimum Gasteiger partial charge on any atom is -0.478 e. The number of carboxylic acid groups (broad SMARTS) is 1. The molecule has 17 heavy (non-hydrogen) atoms. The van der Waals surface area contributed by atoms with Crippen LogP contribution in [0.25, 0.3) is 0 Å². The maximum absolute atomic E-state index is 11.2. The van der Waals surface area contributed by atoms with Crippen molar-refractivity contribution in [2.75, 3.05) is 0 Å². The van der Waals surface area contributed by atoms with Crippen molar-refractivity contribution in [3.05, 3.63) is 28.6 Å². The van der Waals surface area contributed by atoms with Gasteiger partial charge in [0.2, 0.25) is 0 Å². The van der Waals surface area contributed by atoms with Crippen LogP contribution in [0, 0.1) is 0 Å². The van der Waals surface area contributed by atoms with Gasteiger partial charge in [0.05, 0.1) is 11.3 Å². The highest BCUT2D eigenvalue weighted by atomic mass is 16.4. The van der Waals surface area contributed by atoms with Gasteiger partial charge in [-0.1, -0.05) is 20.3 Å². The molecule has 0 radical (unpaired) electrons. The van der Waals surface area contributed by atoms with E-state index in [1.807, 2.05) is 6.07 Å². The molecule has 0 saturated heterocycles. The van der Waals surface area contributed by atoms with Crippen LogP contribution in [-0.2, 0) is 12.8 Å². The molecule has 0 saturated carbocycles. The largest absolute Gasteiger partial charge is 0.478 e. The van der Waals surface area contributed by atoms with Crippen molar-refractivity contribution >= 4 is 5.97 Å². The van der Waals surface area contributed by atoms with Gasteiger partial charge in [0.25, 0.3) is 0 Å². The molecule has 1 N–H and O–H groups in total. The predicted octanol–water partition coefficient (Wildman–Crippen LogP) is 3.17. The standard InChI is InChI=1S/C14H19NO2/c1-3-5-12-11(14(16)17)8-10-7-6-9(4-2)13(10)15-12/h8-9H,3-7H2,1-2H3,(H,16,17). The van der Waals surface area contributed by atoms with Crippen molar-refractivity contribution in [3.8, 4) is 0 Å². The summed E-state index contributed by atoms with van der Waals surface area (Å²) in [7, 11) is 0. The summed E-state index contributed by atoms with van der Waals surface area (Å²) < 4.78 is 0. The maximum Gasteiger partial charge on any atom is 0.337 e. The van der Waals surface area contributed by atoms with Crippen LogP contribution in [0.4, 0.5) is 0 Å². The Morgan fingerprint density at radius 2 is 2.29 bits per heavy atom. The molecule has 1 aromatic heterocycles. The highest BCUT2D eigenvalue weighted by molar-refractivity contribution is 5.89. The third-order valence-electron chi connectivity index (χ3n) is 3.57. The van der Waals surface area contributed by atoms with Crippen LogP contribution in [0.2, 0.25) is 0 Å². The second-order valence-corrected chi connectivity index (χ2v) is 4.73. The molecule has 1 unspecified atom stereocenters. The molecule has 0 aromatic carbocycles. The van der Waals surface area contributed by atoms with Gasteiger partial charge in [-0.3, -0.25) is 4.98 Å². The molecule has 0 fully saturated rings. The van der Waals surface area contributed by atoms with Crippen LogP contribution in [0.5, 0.6) is 0 Å². The first-order chi connectivity index (χ1) is 8.17. The Hall–Kier alpha value is -1.38. The number of hydrogen-bond acceptors (Lipinski definition) is 2. The molecule has 1 aromatic rings. The average molecular weight is 233 g/mol. The zero-order valence-electron chi connectivity index (χ0n) is 10.5. The number of hydrogen-bond donors (Lipinski definition) is 1. The summed E-state index contributed by atoms with van der Waals surface area (Å²) in [5, 5.41) is 9.21. The fourth-order valence-corrected chi connectivity index (χ4v) is 2.64. The third kappa shape index (κ3) is 2.19. The molecular weight excluding hydrogens is 214 g/mol. The van der Waals surface area contributed by atoms with Crippen molar-refractivity contribution in [2.24, 2.45) is 0 Å². The van der Waals surface area contributed by atoms with Crippen molar-refractivity contribution < 1.29 is 9.90 Å². The number of aryl methyl sites for hydroxylation is 2. The predicted molar refractivity (Wildman–Crippen MR) is 66.5 cm³/mol. The molecule has 1 heterocycles. The molecule has 92 valence electrons. The Labute approximate surface area is 102 Å². The van der Waals surface area contributed by atoms with E-state index >= 15 is 0 Å². The zero-order valence-corrected chi connectivity index (χ0v) is 10.5. The zero-order chi connectivity index (χ0) is 12.4. The number of carboxylic acids is 1. The summed E-state index contributed by atoms with van der Waals surface area (Å²) >= 11 is 0. The van der Waals surface area contributed by atoms with Gasteiger partial charge >= 0.3 is 5.97 Å². The topological polar surface area (TPSA) is 50.2 Å². The Kier molecular flexibility index (Phi) is 3.46. The van der Waals surface area contributed by atoms with Crippen molar-refractivity contribution in [2.45, 2.75) is 51.9 Å². The summed E-state index contributed by atoms with van der Waals surface area (Å²) in [5.74, 6) is -0.313. The quantitative estimate of drug-likeness (QED) is 0.869. The second-order valence-electron chi connectivity index (χ2n) is 4.73. The molecule has 1 aliphatic rings. The number of pyridine rings is 1. The van der Waals surface area contributed by atoms with Crippen LogP contribution in [0.15, 0.2) is 6.07 Å². The maximum atomic E-state index is 11.2. The minimum atomic E-state index is -0.844. The molecular formula is C14H19NO2. The SMILES string of the molecule is CCCc1nc2c(cc1C(=O)O)CCC2CC. The Morgan fingerprint density at radius 3 is 2.88 bits per heavy atom. The van der Waals surface area contributed by atoms with Gasteiger partial charge < -0.3 is 5.11 Å². The lowest BCUT2D eigenvalue weighted by atomic mass is 10.0. The summed E-state index contributed by atoms with van der Waals surface area (Å²) in [6.07, 6.45) is 4.88. The molecule has 1 aliphatic carbocycles. The molecule has 0 amide bonds. The number of nitrogens with zero attached hydrogens (tertiary/aromatic N) is 1. The minimum absolute atomic E-state index is 0.405. The monoisotopic (exact) mass is 233 g/mol. The van der Waals surface area contributed by atoms with E-state index in [2.05, 4.69) is 18.8 Å². The molecule has 3 heteroatoms. The van der Waals surface area contributed by atoms with Crippen molar-refractivity contribution in [1.29, 1.82) is 0 Å². The van der Waals surface area contributed by atoms with Gasteiger partial charge in [-0.05, 0) is 37.3 Å². The fourth-order valence-electron chi connectivity index (χ4n) is 2.64.